The van der Waals surface area contributed by atoms with Crippen molar-refractivity contribution >= 4 is 27.5 Å². The summed E-state index contributed by atoms with van der Waals surface area (Å²) in [5.74, 6) is -1.23. The molecule has 0 saturated heterocycles. The largest absolute Gasteiger partial charge is 0.448 e. The minimum atomic E-state index is -6.10. The van der Waals surface area contributed by atoms with Crippen LogP contribution < -0.4 is 5.32 Å². The Hall–Kier alpha value is -4.89. The number of hydrogen-bond acceptors (Lipinski definition) is 6. The van der Waals surface area contributed by atoms with Gasteiger partial charge in [-0.3, -0.25) is 9.69 Å². The lowest BCUT2D eigenvalue weighted by molar-refractivity contribution is -0.376. The molecule has 8 nitrogen and oxygen atoms in total. The van der Waals surface area contributed by atoms with Crippen LogP contribution in [0.25, 0.3) is 11.1 Å². The number of carbonyl (C=O) groups excluding carboxylic acids is 2. The minimum absolute atomic E-state index is 0.0720. The van der Waals surface area contributed by atoms with E-state index in [9.17, 15) is 49.5 Å². The molecule has 2 aliphatic rings. The number of fused-ring (bicyclic) bond motifs is 4. The first-order valence-corrected chi connectivity index (χ1v) is 16.5. The van der Waals surface area contributed by atoms with Crippen LogP contribution >= 0.6 is 0 Å². The Balaban J connectivity index is 1.27. The number of aliphatic hydroxyl groups is 1. The number of benzene rings is 4. The van der Waals surface area contributed by atoms with E-state index >= 15 is 0 Å². The van der Waals surface area contributed by atoms with E-state index in [0.717, 1.165) is 45.5 Å². The Kier molecular flexibility index (Phi) is 8.26. The molecule has 49 heavy (non-hydrogen) atoms. The van der Waals surface area contributed by atoms with Gasteiger partial charge in [-0.1, -0.05) is 66.7 Å². The number of alkyl halides is 6. The van der Waals surface area contributed by atoms with Crippen molar-refractivity contribution in [3.8, 4) is 11.1 Å². The van der Waals surface area contributed by atoms with Crippen molar-refractivity contribution in [3.05, 3.63) is 119 Å². The van der Waals surface area contributed by atoms with Crippen molar-refractivity contribution in [1.29, 1.82) is 0 Å². The van der Waals surface area contributed by atoms with Crippen LogP contribution in [0, 0.1) is 0 Å². The molecule has 0 aromatic heterocycles. The Morgan fingerprint density at radius 1 is 0.837 bits per heavy atom. The number of amides is 2. The fourth-order valence-corrected chi connectivity index (χ4v) is 6.95. The molecule has 0 radical (unpaired) electrons. The number of nitrogens with zero attached hydrogens (tertiary/aromatic N) is 1. The third-order valence-electron chi connectivity index (χ3n) is 8.70. The van der Waals surface area contributed by atoms with Crippen LogP contribution in [0.5, 0.6) is 0 Å². The highest BCUT2D eigenvalue weighted by Crippen LogP contribution is 2.50. The molecule has 15 heteroatoms. The van der Waals surface area contributed by atoms with E-state index in [1.165, 1.54) is 18.2 Å². The van der Waals surface area contributed by atoms with Crippen molar-refractivity contribution in [2.75, 3.05) is 18.2 Å². The number of carbonyl (C=O) groups is 2. The van der Waals surface area contributed by atoms with Crippen LogP contribution in [0.2, 0.25) is 0 Å². The van der Waals surface area contributed by atoms with Gasteiger partial charge in [0, 0.05) is 23.4 Å². The van der Waals surface area contributed by atoms with E-state index in [0.29, 0.717) is 17.7 Å². The maximum Gasteiger partial charge on any atom is 0.430 e. The first kappa shape index (κ1) is 34.0. The predicted molar refractivity (Wildman–Crippen MR) is 164 cm³/mol. The molecule has 0 saturated carbocycles. The fraction of sp³-hybridized carbons (Fsp3) is 0.235. The molecular weight excluding hydrogens is 678 g/mol. The van der Waals surface area contributed by atoms with Crippen molar-refractivity contribution in [2.45, 2.75) is 41.4 Å². The van der Waals surface area contributed by atoms with E-state index in [1.807, 2.05) is 48.5 Å². The average molecular weight is 705 g/mol. The summed E-state index contributed by atoms with van der Waals surface area (Å²) in [5.41, 5.74) is -2.56. The van der Waals surface area contributed by atoms with Crippen LogP contribution in [0.3, 0.4) is 0 Å². The van der Waals surface area contributed by atoms with Crippen LogP contribution in [0.4, 0.5) is 36.8 Å². The van der Waals surface area contributed by atoms with Gasteiger partial charge >= 0.3 is 18.4 Å². The van der Waals surface area contributed by atoms with Gasteiger partial charge in [-0.25, -0.2) is 13.2 Å². The zero-order valence-corrected chi connectivity index (χ0v) is 26.2. The van der Waals surface area contributed by atoms with Gasteiger partial charge in [0.15, 0.2) is 9.84 Å². The second-order valence-corrected chi connectivity index (χ2v) is 13.8. The smallest absolute Gasteiger partial charge is 0.430 e. The second-order valence-electron chi connectivity index (χ2n) is 11.7. The van der Waals surface area contributed by atoms with Gasteiger partial charge in [0.2, 0.25) is 0 Å². The zero-order chi connectivity index (χ0) is 35.5. The molecule has 256 valence electrons. The maximum absolute atomic E-state index is 13.7. The molecule has 0 bridgehead atoms. The molecule has 6 rings (SSSR count). The number of rotatable bonds is 6. The summed E-state index contributed by atoms with van der Waals surface area (Å²) < 4.78 is 110. The van der Waals surface area contributed by atoms with Gasteiger partial charge in [-0.2, -0.15) is 26.3 Å². The highest BCUT2D eigenvalue weighted by molar-refractivity contribution is 7.90. The summed E-state index contributed by atoms with van der Waals surface area (Å²) >= 11 is 0. The van der Waals surface area contributed by atoms with Gasteiger partial charge in [0.25, 0.3) is 11.5 Å². The summed E-state index contributed by atoms with van der Waals surface area (Å²) in [6.45, 7) is -0.345. The molecule has 4 aromatic carbocycles. The summed E-state index contributed by atoms with van der Waals surface area (Å²) in [5, 5.41) is 12.1. The lowest BCUT2D eigenvalue weighted by Crippen LogP contribution is -2.53. The third-order valence-corrected chi connectivity index (χ3v) is 9.81. The number of halogens is 6. The molecule has 1 aliphatic heterocycles. The van der Waals surface area contributed by atoms with E-state index in [2.05, 4.69) is 5.32 Å². The molecule has 1 heterocycles. The molecule has 0 fully saturated rings. The average Bonchev–Trinajstić information content (AvgIpc) is 3.58. The topological polar surface area (TPSA) is 113 Å². The first-order chi connectivity index (χ1) is 22.9. The SMILES string of the molecule is CS(=O)(=O)c1ccc2c(c1)CN(C(=O)OCC1c3ccccc3-c3ccccc31)C2C(=O)Nc1ccc(C(O)(C(F)(F)F)C(F)(F)F)cc1. The summed E-state index contributed by atoms with van der Waals surface area (Å²) in [7, 11) is -3.68. The van der Waals surface area contributed by atoms with E-state index < -0.39 is 51.4 Å². The highest BCUT2D eigenvalue weighted by atomic mass is 32.2. The molecule has 1 unspecified atom stereocenters. The molecule has 1 aliphatic carbocycles. The van der Waals surface area contributed by atoms with Crippen LogP contribution in [-0.4, -0.2) is 55.6 Å². The Morgan fingerprint density at radius 2 is 1.39 bits per heavy atom. The van der Waals surface area contributed by atoms with Gasteiger partial charge in [0.1, 0.15) is 12.6 Å². The molecule has 1 atom stereocenters. The predicted octanol–water partition coefficient (Wildman–Crippen LogP) is 6.85. The van der Waals surface area contributed by atoms with Crippen molar-refractivity contribution in [3.63, 3.8) is 0 Å². The first-order valence-electron chi connectivity index (χ1n) is 14.6. The molecular formula is C34H26F6N2O6S. The lowest BCUT2D eigenvalue weighted by atomic mass is 9.92. The fourth-order valence-electron chi connectivity index (χ4n) is 6.28. The van der Waals surface area contributed by atoms with Crippen molar-refractivity contribution in [1.82, 2.24) is 4.90 Å². The standard InChI is InChI=1S/C34H26F6N2O6S/c1-49(46,47)22-14-15-23-19(16-22)17-42(31(44)48-18-28-26-8-4-2-6-24(26)25-7-3-5-9-27(25)28)29(23)30(43)41-21-12-10-20(11-13-21)32(45,33(35,36)37)34(38,39)40/h2-16,28-29,45H,17-18H2,1H3,(H,41,43). The van der Waals surface area contributed by atoms with Crippen LogP contribution in [-0.2, 0) is 31.5 Å². The number of anilines is 1. The van der Waals surface area contributed by atoms with Crippen molar-refractivity contribution in [2.24, 2.45) is 0 Å². The van der Waals surface area contributed by atoms with Gasteiger partial charge in [0.05, 0.1) is 11.4 Å². The number of sulfone groups is 1. The minimum Gasteiger partial charge on any atom is -0.448 e. The van der Waals surface area contributed by atoms with Crippen molar-refractivity contribution < 1.29 is 54.2 Å². The van der Waals surface area contributed by atoms with Crippen LogP contribution in [0.1, 0.15) is 39.8 Å². The number of ether oxygens (including phenoxy) is 1. The maximum atomic E-state index is 13.7. The highest BCUT2D eigenvalue weighted by Gasteiger charge is 2.71. The zero-order valence-electron chi connectivity index (χ0n) is 25.3. The van der Waals surface area contributed by atoms with E-state index in [-0.39, 0.29) is 35.2 Å². The molecule has 0 spiro atoms. The van der Waals surface area contributed by atoms with E-state index in [1.54, 1.807) is 0 Å². The van der Waals surface area contributed by atoms with Gasteiger partial charge < -0.3 is 15.2 Å². The molecule has 4 aromatic rings. The Labute approximate surface area is 275 Å². The lowest BCUT2D eigenvalue weighted by Gasteiger charge is -2.32. The third kappa shape index (κ3) is 5.90. The molecule has 2 N–H and O–H groups in total. The molecule has 2 amide bonds. The summed E-state index contributed by atoms with van der Waals surface area (Å²) in [4.78, 5) is 28.3. The Bertz CT molecular complexity index is 2010. The number of hydrogen-bond donors (Lipinski definition) is 2. The normalized spacial score (nSPS) is 16.2. The summed E-state index contributed by atoms with van der Waals surface area (Å²) in [6, 6.07) is 20.0. The van der Waals surface area contributed by atoms with Crippen LogP contribution in [0.15, 0.2) is 95.9 Å². The number of nitrogens with one attached hydrogen (secondary N) is 1. The van der Waals surface area contributed by atoms with E-state index in [4.69, 9.17) is 4.74 Å². The monoisotopic (exact) mass is 704 g/mol. The Morgan fingerprint density at radius 3 is 1.92 bits per heavy atom. The summed E-state index contributed by atoms with van der Waals surface area (Å²) in [6.07, 6.45) is -12.1. The van der Waals surface area contributed by atoms with Gasteiger partial charge in [-0.15, -0.1) is 0 Å². The van der Waals surface area contributed by atoms with Gasteiger partial charge in [-0.05, 0) is 57.6 Å². The quantitative estimate of drug-likeness (QED) is 0.213. The second kappa shape index (κ2) is 11.9.